The number of benzene rings is 1. The zero-order valence-corrected chi connectivity index (χ0v) is 16.2. The molecule has 154 valence electrons. The Labute approximate surface area is 170 Å². The summed E-state index contributed by atoms with van der Waals surface area (Å²) in [6, 6.07) is 9.15. The Bertz CT molecular complexity index is 1220. The number of aromatic nitrogens is 2. The van der Waals surface area contributed by atoms with Crippen molar-refractivity contribution in [1.29, 1.82) is 0 Å². The molecule has 0 amide bonds. The monoisotopic (exact) mass is 433 g/mol. The third-order valence-electron chi connectivity index (χ3n) is 4.07. The Hall–Kier alpha value is -3.49. The van der Waals surface area contributed by atoms with E-state index < -0.39 is 21.8 Å². The number of hydrogen-bond donors (Lipinski definition) is 2. The van der Waals surface area contributed by atoms with Gasteiger partial charge in [-0.15, -0.1) is 0 Å². The molecule has 2 heterocycles. The van der Waals surface area contributed by atoms with E-state index in [9.17, 15) is 21.6 Å². The molecule has 0 atom stereocenters. The number of hydrogen-bond acceptors (Lipinski definition) is 5. The van der Waals surface area contributed by atoms with Crippen molar-refractivity contribution in [1.82, 2.24) is 14.7 Å². The van der Waals surface area contributed by atoms with Gasteiger partial charge in [0.25, 0.3) is 0 Å². The van der Waals surface area contributed by atoms with E-state index in [0.29, 0.717) is 28.8 Å². The maximum Gasteiger partial charge on any atom is 0.417 e. The van der Waals surface area contributed by atoms with Crippen molar-refractivity contribution in [2.45, 2.75) is 11.1 Å². The molecule has 11 heteroatoms. The third kappa shape index (κ3) is 4.56. The molecule has 0 spiro atoms. The molecule has 0 unspecified atom stereocenters. The minimum atomic E-state index is -4.51. The Morgan fingerprint density at radius 3 is 2.43 bits per heavy atom. The first-order valence-electron chi connectivity index (χ1n) is 8.36. The first-order chi connectivity index (χ1) is 14.1. The summed E-state index contributed by atoms with van der Waals surface area (Å²) in [4.78, 5) is 11.2. The molecule has 3 aromatic rings. The van der Waals surface area contributed by atoms with Crippen LogP contribution in [0.25, 0.3) is 16.1 Å². The summed E-state index contributed by atoms with van der Waals surface area (Å²) in [6.07, 6.45) is -2.41. The van der Waals surface area contributed by atoms with Crippen LogP contribution >= 0.6 is 0 Å². The molecular formula is C19H14F3N5O2S. The molecule has 7 nitrogen and oxygen atoms in total. The molecule has 0 bridgehead atoms. The largest absolute Gasteiger partial charge is 0.417 e. The first-order valence-corrected chi connectivity index (χ1v) is 9.84. The van der Waals surface area contributed by atoms with Crippen LogP contribution in [-0.4, -0.2) is 25.4 Å². The van der Waals surface area contributed by atoms with Crippen molar-refractivity contribution >= 4 is 27.2 Å². The molecule has 2 aromatic heterocycles. The van der Waals surface area contributed by atoms with E-state index in [1.165, 1.54) is 43.6 Å². The standard InChI is InChI=1S/C19H14F3N5O2S/c1-23-13-7-8-25-17(9-13)15-10-14(30(28,29)24-2)4-5-16(15)27-18-6-3-12(11-26-18)19(20,21)22/h3-11,24H,2H3,(H,26,27). The van der Waals surface area contributed by atoms with Gasteiger partial charge in [0, 0.05) is 23.6 Å². The number of nitrogens with zero attached hydrogens (tertiary/aromatic N) is 3. The van der Waals surface area contributed by atoms with Gasteiger partial charge in [-0.05, 0) is 49.5 Å². The van der Waals surface area contributed by atoms with Gasteiger partial charge in [0.2, 0.25) is 10.0 Å². The maximum atomic E-state index is 12.7. The lowest BCUT2D eigenvalue weighted by Gasteiger charge is -2.14. The smallest absolute Gasteiger partial charge is 0.340 e. The quantitative estimate of drug-likeness (QED) is 0.584. The lowest BCUT2D eigenvalue weighted by molar-refractivity contribution is -0.137. The van der Waals surface area contributed by atoms with E-state index in [2.05, 4.69) is 24.9 Å². The van der Waals surface area contributed by atoms with E-state index >= 15 is 0 Å². The van der Waals surface area contributed by atoms with E-state index in [4.69, 9.17) is 6.57 Å². The highest BCUT2D eigenvalue weighted by atomic mass is 32.2. The second-order valence-electron chi connectivity index (χ2n) is 5.98. The van der Waals surface area contributed by atoms with E-state index in [0.717, 1.165) is 12.1 Å². The zero-order chi connectivity index (χ0) is 21.9. The lowest BCUT2D eigenvalue weighted by Crippen LogP contribution is -2.18. The van der Waals surface area contributed by atoms with Crippen LogP contribution < -0.4 is 10.0 Å². The maximum absolute atomic E-state index is 12.7. The van der Waals surface area contributed by atoms with Crippen LogP contribution in [0.15, 0.2) is 59.8 Å². The van der Waals surface area contributed by atoms with Crippen LogP contribution in [-0.2, 0) is 16.2 Å². The Balaban J connectivity index is 2.08. The summed E-state index contributed by atoms with van der Waals surface area (Å²) in [5.74, 6) is 0.120. The highest BCUT2D eigenvalue weighted by Crippen LogP contribution is 2.34. The average Bonchev–Trinajstić information content (AvgIpc) is 2.73. The third-order valence-corrected chi connectivity index (χ3v) is 5.48. The van der Waals surface area contributed by atoms with Crippen molar-refractivity contribution in [3.8, 4) is 11.3 Å². The summed E-state index contributed by atoms with van der Waals surface area (Å²) in [5, 5.41) is 2.87. The molecular weight excluding hydrogens is 419 g/mol. The molecule has 0 aliphatic rings. The van der Waals surface area contributed by atoms with Gasteiger partial charge in [0.15, 0.2) is 5.69 Å². The van der Waals surface area contributed by atoms with E-state index in [1.54, 1.807) is 0 Å². The van der Waals surface area contributed by atoms with Gasteiger partial charge in [0.05, 0.1) is 22.7 Å². The zero-order valence-electron chi connectivity index (χ0n) is 15.4. The summed E-state index contributed by atoms with van der Waals surface area (Å²) in [6.45, 7) is 7.15. The van der Waals surface area contributed by atoms with E-state index in [1.807, 2.05) is 0 Å². The number of halogens is 3. The van der Waals surface area contributed by atoms with Crippen LogP contribution in [0.4, 0.5) is 30.4 Å². The molecule has 0 saturated carbocycles. The average molecular weight is 433 g/mol. The predicted octanol–water partition coefficient (Wildman–Crippen LogP) is 4.36. The number of alkyl halides is 3. The fraction of sp³-hybridized carbons (Fsp3) is 0.105. The van der Waals surface area contributed by atoms with Gasteiger partial charge in [-0.25, -0.2) is 23.0 Å². The lowest BCUT2D eigenvalue weighted by atomic mass is 10.1. The van der Waals surface area contributed by atoms with Gasteiger partial charge in [-0.1, -0.05) is 0 Å². The van der Waals surface area contributed by atoms with Gasteiger partial charge < -0.3 is 5.32 Å². The topological polar surface area (TPSA) is 88.3 Å². The van der Waals surface area contributed by atoms with Crippen molar-refractivity contribution < 1.29 is 21.6 Å². The van der Waals surface area contributed by atoms with E-state index in [-0.39, 0.29) is 10.7 Å². The first kappa shape index (κ1) is 21.2. The van der Waals surface area contributed by atoms with Crippen LogP contribution in [0, 0.1) is 6.57 Å². The molecule has 30 heavy (non-hydrogen) atoms. The normalized spacial score (nSPS) is 11.7. The summed E-state index contributed by atoms with van der Waals surface area (Å²) in [7, 11) is -2.49. The second-order valence-corrected chi connectivity index (χ2v) is 7.87. The Morgan fingerprint density at radius 1 is 1.07 bits per heavy atom. The van der Waals surface area contributed by atoms with Crippen LogP contribution in [0.5, 0.6) is 0 Å². The fourth-order valence-corrected chi connectivity index (χ4v) is 3.29. The number of sulfonamides is 1. The molecule has 2 N–H and O–H groups in total. The number of anilines is 2. The summed E-state index contributed by atoms with van der Waals surface area (Å²) >= 11 is 0. The van der Waals surface area contributed by atoms with Crippen LogP contribution in [0.3, 0.4) is 0 Å². The minimum Gasteiger partial charge on any atom is -0.340 e. The van der Waals surface area contributed by atoms with Crippen LogP contribution in [0.2, 0.25) is 0 Å². The molecule has 0 aliphatic carbocycles. The molecule has 0 radical (unpaired) electrons. The Kier molecular flexibility index (Phi) is 5.73. The highest BCUT2D eigenvalue weighted by Gasteiger charge is 2.30. The van der Waals surface area contributed by atoms with Crippen molar-refractivity contribution in [3.05, 3.63) is 71.8 Å². The molecule has 3 rings (SSSR count). The fourth-order valence-electron chi connectivity index (χ4n) is 2.54. The number of pyridine rings is 2. The number of nitrogens with one attached hydrogen (secondary N) is 2. The number of rotatable bonds is 5. The molecule has 1 aromatic carbocycles. The van der Waals surface area contributed by atoms with Crippen molar-refractivity contribution in [2.75, 3.05) is 12.4 Å². The molecule has 0 fully saturated rings. The molecule has 0 aliphatic heterocycles. The summed E-state index contributed by atoms with van der Waals surface area (Å²) < 4.78 is 64.8. The van der Waals surface area contributed by atoms with Gasteiger partial charge >= 0.3 is 6.18 Å². The second kappa shape index (κ2) is 8.10. The summed E-state index contributed by atoms with van der Waals surface area (Å²) in [5.41, 5.74) is 0.396. The van der Waals surface area contributed by atoms with Gasteiger partial charge in [0.1, 0.15) is 5.82 Å². The van der Waals surface area contributed by atoms with Crippen molar-refractivity contribution in [3.63, 3.8) is 0 Å². The predicted molar refractivity (Wildman–Crippen MR) is 105 cm³/mol. The minimum absolute atomic E-state index is 0.0408. The van der Waals surface area contributed by atoms with Gasteiger partial charge in [-0.3, -0.25) is 4.98 Å². The Morgan fingerprint density at radius 2 is 1.83 bits per heavy atom. The van der Waals surface area contributed by atoms with Gasteiger partial charge in [-0.2, -0.15) is 13.2 Å². The highest BCUT2D eigenvalue weighted by molar-refractivity contribution is 7.89. The van der Waals surface area contributed by atoms with Crippen molar-refractivity contribution in [2.24, 2.45) is 0 Å². The SMILES string of the molecule is [C-]#[N+]c1ccnc(-c2cc(S(=O)(=O)NC)ccc2Nc2ccc(C(F)(F)F)cn2)c1. The van der Waals surface area contributed by atoms with Crippen LogP contribution in [0.1, 0.15) is 5.56 Å². The molecule has 0 saturated heterocycles.